The zero-order valence-corrected chi connectivity index (χ0v) is 11.0. The highest BCUT2D eigenvalue weighted by molar-refractivity contribution is 5.97. The number of aromatic nitrogens is 2. The van der Waals surface area contributed by atoms with Crippen LogP contribution in [0.2, 0.25) is 0 Å². The Morgan fingerprint density at radius 3 is 2.71 bits per heavy atom. The van der Waals surface area contributed by atoms with Crippen LogP contribution in [-0.2, 0) is 6.54 Å². The molecule has 0 atom stereocenters. The van der Waals surface area contributed by atoms with Crippen LogP contribution in [-0.4, -0.2) is 20.9 Å². The summed E-state index contributed by atoms with van der Waals surface area (Å²) >= 11 is 0. The van der Waals surface area contributed by atoms with E-state index in [2.05, 4.69) is 5.10 Å². The minimum atomic E-state index is -0.577. The second-order valence-corrected chi connectivity index (χ2v) is 4.64. The van der Waals surface area contributed by atoms with Crippen LogP contribution in [0.25, 0.3) is 10.9 Å². The molecule has 0 aliphatic heterocycles. The monoisotopic (exact) mass is 285 g/mol. The van der Waals surface area contributed by atoms with Crippen LogP contribution in [0.15, 0.2) is 48.7 Å². The topological polar surface area (TPSA) is 67.2 Å². The van der Waals surface area contributed by atoms with E-state index in [0.29, 0.717) is 12.1 Å². The number of hydrogen-bond donors (Lipinski definition) is 2. The van der Waals surface area contributed by atoms with Crippen molar-refractivity contribution in [3.8, 4) is 0 Å². The first-order chi connectivity index (χ1) is 10.2. The number of amides is 1. The molecule has 21 heavy (non-hydrogen) atoms. The Balaban J connectivity index is 1.98. The van der Waals surface area contributed by atoms with Gasteiger partial charge in [-0.15, -0.1) is 0 Å². The van der Waals surface area contributed by atoms with Crippen LogP contribution in [0.3, 0.4) is 0 Å². The maximum Gasteiger partial charge on any atom is 0.274 e. The van der Waals surface area contributed by atoms with E-state index in [4.69, 9.17) is 5.21 Å². The molecule has 0 saturated carbocycles. The minimum absolute atomic E-state index is 0.286. The molecule has 0 unspecified atom stereocenters. The highest BCUT2D eigenvalue weighted by Crippen LogP contribution is 2.17. The molecule has 6 heteroatoms. The Kier molecular flexibility index (Phi) is 3.37. The van der Waals surface area contributed by atoms with Gasteiger partial charge in [0.1, 0.15) is 5.82 Å². The first-order valence-electron chi connectivity index (χ1n) is 6.32. The van der Waals surface area contributed by atoms with Crippen molar-refractivity contribution in [2.24, 2.45) is 0 Å². The number of carbonyl (C=O) groups is 1. The van der Waals surface area contributed by atoms with Crippen LogP contribution >= 0.6 is 0 Å². The Hall–Kier alpha value is -2.73. The van der Waals surface area contributed by atoms with Crippen LogP contribution in [0.4, 0.5) is 4.39 Å². The van der Waals surface area contributed by atoms with Gasteiger partial charge in [-0.25, -0.2) is 9.87 Å². The van der Waals surface area contributed by atoms with Gasteiger partial charge in [0.2, 0.25) is 0 Å². The Morgan fingerprint density at radius 2 is 2.00 bits per heavy atom. The first kappa shape index (κ1) is 13.3. The molecule has 0 aliphatic rings. The molecular formula is C15H12FN3O2. The zero-order chi connectivity index (χ0) is 14.8. The molecule has 5 nitrogen and oxygen atoms in total. The van der Waals surface area contributed by atoms with Crippen molar-refractivity contribution in [3.05, 3.63) is 65.6 Å². The maximum atomic E-state index is 12.9. The fraction of sp³-hybridized carbons (Fsp3) is 0.0667. The molecule has 0 fully saturated rings. The maximum absolute atomic E-state index is 12.9. The van der Waals surface area contributed by atoms with Crippen LogP contribution < -0.4 is 5.48 Å². The summed E-state index contributed by atoms with van der Waals surface area (Å²) in [4.78, 5) is 11.5. The average molecular weight is 285 g/mol. The van der Waals surface area contributed by atoms with Gasteiger partial charge in [0.05, 0.1) is 18.3 Å². The Morgan fingerprint density at radius 1 is 1.24 bits per heavy atom. The lowest BCUT2D eigenvalue weighted by atomic mass is 10.1. The molecule has 1 amide bonds. The number of nitrogens with one attached hydrogen (secondary N) is 1. The Labute approximate surface area is 119 Å². The van der Waals surface area contributed by atoms with Gasteiger partial charge in [0, 0.05) is 10.9 Å². The standard InChI is InChI=1S/C15H12FN3O2/c16-13-5-1-10(2-6-13)9-19-14-7-11(15(20)18-21)3-4-12(14)8-17-19/h1-8,21H,9H2,(H,18,20). The predicted octanol–water partition coefficient (Wildman–Crippen LogP) is 2.34. The van der Waals surface area contributed by atoms with Gasteiger partial charge in [-0.2, -0.15) is 5.10 Å². The van der Waals surface area contributed by atoms with E-state index in [-0.39, 0.29) is 5.82 Å². The van der Waals surface area contributed by atoms with Crippen LogP contribution in [0.1, 0.15) is 15.9 Å². The molecule has 3 rings (SSSR count). The highest BCUT2D eigenvalue weighted by Gasteiger charge is 2.09. The van der Waals surface area contributed by atoms with Gasteiger partial charge in [-0.3, -0.25) is 14.7 Å². The van der Waals surface area contributed by atoms with Crippen molar-refractivity contribution < 1.29 is 14.4 Å². The number of carbonyl (C=O) groups excluding carboxylic acids is 1. The second-order valence-electron chi connectivity index (χ2n) is 4.64. The smallest absolute Gasteiger partial charge is 0.274 e. The number of hydrogen-bond acceptors (Lipinski definition) is 3. The predicted molar refractivity (Wildman–Crippen MR) is 74.5 cm³/mol. The summed E-state index contributed by atoms with van der Waals surface area (Å²) in [5.74, 6) is -0.864. The van der Waals surface area contributed by atoms with E-state index in [1.165, 1.54) is 12.1 Å². The van der Waals surface area contributed by atoms with Crippen molar-refractivity contribution in [1.29, 1.82) is 0 Å². The largest absolute Gasteiger partial charge is 0.288 e. The molecule has 0 radical (unpaired) electrons. The number of nitrogens with zero attached hydrogens (tertiary/aromatic N) is 2. The van der Waals surface area contributed by atoms with E-state index in [1.54, 1.807) is 46.7 Å². The quantitative estimate of drug-likeness (QED) is 0.573. The lowest BCUT2D eigenvalue weighted by Crippen LogP contribution is -2.18. The third-order valence-electron chi connectivity index (χ3n) is 3.25. The molecule has 2 N–H and O–H groups in total. The molecule has 1 aromatic heterocycles. The molecule has 0 spiro atoms. The third-order valence-corrected chi connectivity index (χ3v) is 3.25. The summed E-state index contributed by atoms with van der Waals surface area (Å²) in [6.07, 6.45) is 1.69. The molecule has 0 saturated heterocycles. The van der Waals surface area contributed by atoms with Gasteiger partial charge in [-0.05, 0) is 29.8 Å². The first-order valence-corrected chi connectivity index (χ1v) is 6.32. The van der Waals surface area contributed by atoms with E-state index in [1.807, 2.05) is 0 Å². The van der Waals surface area contributed by atoms with Crippen molar-refractivity contribution in [2.45, 2.75) is 6.54 Å². The summed E-state index contributed by atoms with van der Waals surface area (Å²) in [6, 6.07) is 11.2. The second kappa shape index (κ2) is 5.34. The van der Waals surface area contributed by atoms with Gasteiger partial charge in [0.25, 0.3) is 5.91 Å². The van der Waals surface area contributed by atoms with Gasteiger partial charge < -0.3 is 0 Å². The number of fused-ring (bicyclic) bond motifs is 1. The summed E-state index contributed by atoms with van der Waals surface area (Å²) < 4.78 is 14.6. The van der Waals surface area contributed by atoms with Crippen molar-refractivity contribution in [2.75, 3.05) is 0 Å². The van der Waals surface area contributed by atoms with Crippen molar-refractivity contribution in [1.82, 2.24) is 15.3 Å². The molecule has 1 heterocycles. The summed E-state index contributed by atoms with van der Waals surface area (Å²) in [6.45, 7) is 0.466. The summed E-state index contributed by atoms with van der Waals surface area (Å²) in [7, 11) is 0. The minimum Gasteiger partial charge on any atom is -0.288 e. The normalized spacial score (nSPS) is 10.8. The molecule has 106 valence electrons. The lowest BCUT2D eigenvalue weighted by molar-refractivity contribution is 0.0706. The van der Waals surface area contributed by atoms with Crippen LogP contribution in [0, 0.1) is 5.82 Å². The van der Waals surface area contributed by atoms with Crippen molar-refractivity contribution >= 4 is 16.8 Å². The molecule has 0 bridgehead atoms. The summed E-state index contributed by atoms with van der Waals surface area (Å²) in [5, 5.41) is 13.8. The van der Waals surface area contributed by atoms with E-state index < -0.39 is 5.91 Å². The molecule has 0 aliphatic carbocycles. The number of benzene rings is 2. The lowest BCUT2D eigenvalue weighted by Gasteiger charge is -2.05. The van der Waals surface area contributed by atoms with E-state index in [9.17, 15) is 9.18 Å². The summed E-state index contributed by atoms with van der Waals surface area (Å²) in [5.41, 5.74) is 3.61. The third kappa shape index (κ3) is 2.61. The van der Waals surface area contributed by atoms with Gasteiger partial charge >= 0.3 is 0 Å². The fourth-order valence-electron chi connectivity index (χ4n) is 2.17. The highest BCUT2D eigenvalue weighted by atomic mass is 19.1. The number of rotatable bonds is 3. The Bertz CT molecular complexity index is 796. The molecule has 2 aromatic carbocycles. The molecule has 3 aromatic rings. The number of halogens is 1. The SMILES string of the molecule is O=C(NO)c1ccc2cnn(Cc3ccc(F)cc3)c2c1. The fourth-order valence-corrected chi connectivity index (χ4v) is 2.17. The van der Waals surface area contributed by atoms with Gasteiger partial charge in [-0.1, -0.05) is 18.2 Å². The van der Waals surface area contributed by atoms with E-state index in [0.717, 1.165) is 16.5 Å². The van der Waals surface area contributed by atoms with E-state index >= 15 is 0 Å². The average Bonchev–Trinajstić information content (AvgIpc) is 2.91. The van der Waals surface area contributed by atoms with Gasteiger partial charge in [0.15, 0.2) is 0 Å². The van der Waals surface area contributed by atoms with Crippen molar-refractivity contribution in [3.63, 3.8) is 0 Å². The molecular weight excluding hydrogens is 273 g/mol. The number of hydroxylamine groups is 1. The zero-order valence-electron chi connectivity index (χ0n) is 11.0. The van der Waals surface area contributed by atoms with Crippen LogP contribution in [0.5, 0.6) is 0 Å².